The van der Waals surface area contributed by atoms with Crippen molar-refractivity contribution in [1.82, 2.24) is 10.2 Å². The maximum atomic E-state index is 14.3. The van der Waals surface area contributed by atoms with E-state index in [2.05, 4.69) is 29.6 Å². The van der Waals surface area contributed by atoms with Gasteiger partial charge in [0.05, 0.1) is 0 Å². The van der Waals surface area contributed by atoms with Gasteiger partial charge in [0.15, 0.2) is 0 Å². The SMILES string of the molecule is Cc1ccc(CC2CNCC3C(=O)OC(c4cccc(F)c4)(c4cccc(F)c4)N23)cc1. The number of nitrogens with zero attached hydrogens (tertiary/aromatic N) is 1. The molecular weight excluding hydrogens is 410 g/mol. The van der Waals surface area contributed by atoms with Crippen molar-refractivity contribution in [2.24, 2.45) is 0 Å². The van der Waals surface area contributed by atoms with E-state index in [1.54, 1.807) is 24.3 Å². The van der Waals surface area contributed by atoms with Gasteiger partial charge in [0.25, 0.3) is 0 Å². The van der Waals surface area contributed by atoms with E-state index in [9.17, 15) is 13.6 Å². The Morgan fingerprint density at radius 1 is 0.969 bits per heavy atom. The molecule has 164 valence electrons. The third-order valence-electron chi connectivity index (χ3n) is 6.35. The van der Waals surface area contributed by atoms with Crippen molar-refractivity contribution in [3.63, 3.8) is 0 Å². The van der Waals surface area contributed by atoms with Crippen LogP contribution in [0.2, 0.25) is 0 Å². The third kappa shape index (κ3) is 3.49. The minimum Gasteiger partial charge on any atom is -0.434 e. The van der Waals surface area contributed by atoms with Crippen molar-refractivity contribution >= 4 is 5.97 Å². The van der Waals surface area contributed by atoms with Gasteiger partial charge in [0, 0.05) is 30.3 Å². The summed E-state index contributed by atoms with van der Waals surface area (Å²) in [6.07, 6.45) is 0.660. The zero-order valence-electron chi connectivity index (χ0n) is 17.7. The van der Waals surface area contributed by atoms with Crippen LogP contribution in [-0.4, -0.2) is 36.0 Å². The number of carbonyl (C=O) groups excluding carboxylic acids is 1. The molecule has 2 atom stereocenters. The van der Waals surface area contributed by atoms with Crippen molar-refractivity contribution in [3.8, 4) is 0 Å². The van der Waals surface area contributed by atoms with Crippen LogP contribution in [0.25, 0.3) is 0 Å². The van der Waals surface area contributed by atoms with Crippen LogP contribution in [0.5, 0.6) is 0 Å². The molecule has 2 saturated heterocycles. The Morgan fingerprint density at radius 3 is 2.19 bits per heavy atom. The van der Waals surface area contributed by atoms with Crippen LogP contribution in [-0.2, 0) is 21.7 Å². The lowest BCUT2D eigenvalue weighted by Crippen LogP contribution is -2.62. The van der Waals surface area contributed by atoms with Gasteiger partial charge >= 0.3 is 5.97 Å². The molecule has 0 aliphatic carbocycles. The number of esters is 1. The number of ether oxygens (including phenoxy) is 1. The summed E-state index contributed by atoms with van der Waals surface area (Å²) in [5.41, 5.74) is 1.81. The molecule has 1 N–H and O–H groups in total. The minimum absolute atomic E-state index is 0.130. The van der Waals surface area contributed by atoms with Crippen LogP contribution >= 0.6 is 0 Å². The molecule has 3 aromatic rings. The number of rotatable bonds is 4. The molecule has 2 aliphatic heterocycles. The summed E-state index contributed by atoms with van der Waals surface area (Å²) in [6.45, 7) is 3.07. The Labute approximate surface area is 185 Å². The first-order valence-corrected chi connectivity index (χ1v) is 10.8. The number of nitrogens with one attached hydrogen (secondary N) is 1. The molecule has 6 heteroatoms. The van der Waals surface area contributed by atoms with Gasteiger partial charge in [-0.2, -0.15) is 0 Å². The van der Waals surface area contributed by atoms with Gasteiger partial charge in [-0.05, 0) is 43.2 Å². The molecule has 0 radical (unpaired) electrons. The second-order valence-corrected chi connectivity index (χ2v) is 8.51. The summed E-state index contributed by atoms with van der Waals surface area (Å²) >= 11 is 0. The fourth-order valence-electron chi connectivity index (χ4n) is 4.93. The topological polar surface area (TPSA) is 41.6 Å². The van der Waals surface area contributed by atoms with Crippen LogP contribution in [0.1, 0.15) is 22.3 Å². The summed E-state index contributed by atoms with van der Waals surface area (Å²) in [5, 5.41) is 3.34. The van der Waals surface area contributed by atoms with E-state index < -0.39 is 29.4 Å². The molecule has 3 aromatic carbocycles. The minimum atomic E-state index is -1.41. The summed E-state index contributed by atoms with van der Waals surface area (Å²) in [6, 6.07) is 19.6. The highest BCUT2D eigenvalue weighted by molar-refractivity contribution is 5.80. The standard InChI is InChI=1S/C26H24F2N2O2/c1-17-8-10-18(11-9-17)12-23-15-29-16-24-25(31)32-26(30(23)24,19-4-2-6-21(27)13-19)20-5-3-7-22(28)14-20/h2-11,13-14,23-24,29H,12,15-16H2,1H3. The maximum Gasteiger partial charge on any atom is 0.327 e. The second kappa shape index (κ2) is 8.11. The predicted molar refractivity (Wildman–Crippen MR) is 117 cm³/mol. The van der Waals surface area contributed by atoms with Gasteiger partial charge in [0.2, 0.25) is 5.72 Å². The highest BCUT2D eigenvalue weighted by Gasteiger charge is 2.59. The van der Waals surface area contributed by atoms with Crippen LogP contribution in [0.4, 0.5) is 8.78 Å². The van der Waals surface area contributed by atoms with Gasteiger partial charge in [-0.25, -0.2) is 13.7 Å². The van der Waals surface area contributed by atoms with Gasteiger partial charge in [-0.3, -0.25) is 4.79 Å². The quantitative estimate of drug-likeness (QED) is 0.632. The fourth-order valence-corrected chi connectivity index (χ4v) is 4.93. The summed E-state index contributed by atoms with van der Waals surface area (Å²) in [4.78, 5) is 15.1. The molecule has 2 heterocycles. The number of piperazine rings is 1. The van der Waals surface area contributed by atoms with Crippen LogP contribution in [0.15, 0.2) is 72.8 Å². The van der Waals surface area contributed by atoms with E-state index in [1.165, 1.54) is 29.8 Å². The highest BCUT2D eigenvalue weighted by Crippen LogP contribution is 2.46. The van der Waals surface area contributed by atoms with E-state index in [0.717, 1.165) is 5.56 Å². The summed E-state index contributed by atoms with van der Waals surface area (Å²) in [7, 11) is 0. The number of cyclic esters (lactones) is 1. The van der Waals surface area contributed by atoms with Crippen molar-refractivity contribution < 1.29 is 18.3 Å². The molecule has 5 rings (SSSR count). The Hall–Kier alpha value is -3.09. The molecular formula is C26H24F2N2O2. The average molecular weight is 434 g/mol. The molecule has 2 fully saturated rings. The van der Waals surface area contributed by atoms with Gasteiger partial charge in [0.1, 0.15) is 17.7 Å². The van der Waals surface area contributed by atoms with Crippen molar-refractivity contribution in [3.05, 3.63) is 107 Å². The Kier molecular flexibility index (Phi) is 5.27. The van der Waals surface area contributed by atoms with Crippen LogP contribution in [0.3, 0.4) is 0 Å². The first-order valence-electron chi connectivity index (χ1n) is 10.8. The summed E-state index contributed by atoms with van der Waals surface area (Å²) < 4.78 is 34.8. The molecule has 0 bridgehead atoms. The molecule has 2 unspecified atom stereocenters. The van der Waals surface area contributed by atoms with Crippen LogP contribution in [0, 0.1) is 18.6 Å². The lowest BCUT2D eigenvalue weighted by molar-refractivity contribution is -0.151. The predicted octanol–water partition coefficient (Wildman–Crippen LogP) is 3.92. The number of carbonyl (C=O) groups is 1. The second-order valence-electron chi connectivity index (χ2n) is 8.51. The Balaban J connectivity index is 1.67. The summed E-state index contributed by atoms with van der Waals surface area (Å²) in [5.74, 6) is -1.29. The molecule has 4 nitrogen and oxygen atoms in total. The normalized spacial score (nSPS) is 22.4. The fraction of sp³-hybridized carbons (Fsp3) is 0.269. The molecule has 2 aliphatic rings. The van der Waals surface area contributed by atoms with E-state index in [0.29, 0.717) is 30.6 Å². The first-order chi connectivity index (χ1) is 15.5. The zero-order valence-corrected chi connectivity index (χ0v) is 17.7. The largest absolute Gasteiger partial charge is 0.434 e. The lowest BCUT2D eigenvalue weighted by atomic mass is 9.88. The van der Waals surface area contributed by atoms with Gasteiger partial charge < -0.3 is 10.1 Å². The Morgan fingerprint density at radius 2 is 1.59 bits per heavy atom. The molecule has 0 aromatic heterocycles. The number of fused-ring (bicyclic) bond motifs is 1. The van der Waals surface area contributed by atoms with Crippen LogP contribution < -0.4 is 5.32 Å². The van der Waals surface area contributed by atoms with Crippen molar-refractivity contribution in [2.75, 3.05) is 13.1 Å². The lowest BCUT2D eigenvalue weighted by Gasteiger charge is -2.45. The molecule has 0 saturated carbocycles. The monoisotopic (exact) mass is 434 g/mol. The third-order valence-corrected chi connectivity index (χ3v) is 6.35. The molecule has 0 amide bonds. The number of hydrogen-bond donors (Lipinski definition) is 1. The first kappa shape index (κ1) is 20.8. The van der Waals surface area contributed by atoms with Gasteiger partial charge in [-0.15, -0.1) is 0 Å². The molecule has 0 spiro atoms. The van der Waals surface area contributed by atoms with E-state index >= 15 is 0 Å². The van der Waals surface area contributed by atoms with E-state index in [-0.39, 0.29) is 6.04 Å². The molecule has 32 heavy (non-hydrogen) atoms. The number of benzene rings is 3. The zero-order chi connectivity index (χ0) is 22.3. The van der Waals surface area contributed by atoms with Crippen molar-refractivity contribution in [1.29, 1.82) is 0 Å². The highest BCUT2D eigenvalue weighted by atomic mass is 19.1. The Bertz CT molecular complexity index is 1100. The van der Waals surface area contributed by atoms with Gasteiger partial charge in [-0.1, -0.05) is 54.1 Å². The number of halogens is 2. The van der Waals surface area contributed by atoms with E-state index in [1.807, 2.05) is 11.8 Å². The average Bonchev–Trinajstić information content (AvgIpc) is 3.10. The number of aryl methyl sites for hydroxylation is 1. The van der Waals surface area contributed by atoms with Crippen molar-refractivity contribution in [2.45, 2.75) is 31.2 Å². The maximum absolute atomic E-state index is 14.3. The number of hydrogen-bond acceptors (Lipinski definition) is 4. The van der Waals surface area contributed by atoms with E-state index in [4.69, 9.17) is 4.74 Å². The smallest absolute Gasteiger partial charge is 0.327 e.